The van der Waals surface area contributed by atoms with Gasteiger partial charge >= 0.3 is 11.9 Å². The molecule has 0 saturated heterocycles. The third kappa shape index (κ3) is 5.33. The Labute approximate surface area is 167 Å². The molecule has 0 aliphatic carbocycles. The highest BCUT2D eigenvalue weighted by Crippen LogP contribution is 2.24. The predicted octanol–water partition coefficient (Wildman–Crippen LogP) is 4.27. The lowest BCUT2D eigenvalue weighted by atomic mass is 10.1. The molecule has 2 aromatic rings. The van der Waals surface area contributed by atoms with E-state index in [1.165, 1.54) is 7.11 Å². The fourth-order valence-electron chi connectivity index (χ4n) is 2.31. The minimum Gasteiger partial charge on any atom is -0.465 e. The molecule has 0 aliphatic heterocycles. The lowest BCUT2D eigenvalue weighted by molar-refractivity contribution is -0.113. The molecule has 0 radical (unpaired) electrons. The van der Waals surface area contributed by atoms with Crippen LogP contribution in [0.1, 0.15) is 29.8 Å². The zero-order chi connectivity index (χ0) is 19.1. The Bertz CT molecular complexity index is 865. The van der Waals surface area contributed by atoms with Gasteiger partial charge in [0.15, 0.2) is 0 Å². The van der Waals surface area contributed by atoms with Crippen molar-refractivity contribution in [1.82, 2.24) is 0 Å². The molecular weight excluding hydrogens is 441 g/mol. The van der Waals surface area contributed by atoms with Crippen molar-refractivity contribution in [3.8, 4) is 11.8 Å². The number of carbonyl (C=O) groups excluding carboxylic acids is 2. The number of para-hydroxylation sites is 1. The van der Waals surface area contributed by atoms with E-state index < -0.39 is 5.97 Å². The first-order valence-electron chi connectivity index (χ1n) is 8.17. The Morgan fingerprint density at radius 3 is 2.54 bits per heavy atom. The zero-order valence-electron chi connectivity index (χ0n) is 15.0. The summed E-state index contributed by atoms with van der Waals surface area (Å²) in [6.07, 6.45) is 0. The quantitative estimate of drug-likeness (QED) is 0.388. The third-order valence-electron chi connectivity index (χ3n) is 3.54. The maximum atomic E-state index is 12.7. The van der Waals surface area contributed by atoms with Crippen molar-refractivity contribution in [3.63, 3.8) is 0 Å². The number of amides is 1. The molecule has 4 nitrogen and oxygen atoms in total. The number of carbonyl (C=O) groups is 2. The normalized spacial score (nSPS) is 10.0. The van der Waals surface area contributed by atoms with Gasteiger partial charge in [-0.2, -0.15) is 0 Å². The first-order chi connectivity index (χ1) is 12.4. The second-order valence-electron chi connectivity index (χ2n) is 5.96. The molecule has 0 fully saturated rings. The van der Waals surface area contributed by atoms with Crippen LogP contribution in [0.25, 0.3) is 0 Å². The van der Waals surface area contributed by atoms with Gasteiger partial charge in [-0.3, -0.25) is 9.69 Å². The molecule has 0 aromatic heterocycles. The average Bonchev–Trinajstić information content (AvgIpc) is 2.64. The van der Waals surface area contributed by atoms with E-state index in [1.807, 2.05) is 44.2 Å². The van der Waals surface area contributed by atoms with E-state index in [2.05, 4.69) is 34.4 Å². The molecule has 1 amide bonds. The minimum atomic E-state index is -0.404. The Balaban J connectivity index is 2.39. The van der Waals surface area contributed by atoms with E-state index in [4.69, 9.17) is 4.74 Å². The molecule has 0 aliphatic rings. The van der Waals surface area contributed by atoms with Gasteiger partial charge in [0.2, 0.25) is 0 Å². The van der Waals surface area contributed by atoms with E-state index >= 15 is 0 Å². The first kappa shape index (κ1) is 20.0. The number of hydrogen-bond donors (Lipinski definition) is 0. The van der Waals surface area contributed by atoms with Gasteiger partial charge in [0.25, 0.3) is 0 Å². The summed E-state index contributed by atoms with van der Waals surface area (Å²) in [5, 5.41) is 0. The molecule has 2 rings (SSSR count). The van der Waals surface area contributed by atoms with Crippen LogP contribution in [-0.4, -0.2) is 19.0 Å². The molecule has 0 spiro atoms. The number of halogens is 1. The Kier molecular flexibility index (Phi) is 7.22. The maximum Gasteiger partial charge on any atom is 0.337 e. The molecule has 0 unspecified atom stereocenters. The van der Waals surface area contributed by atoms with Gasteiger partial charge < -0.3 is 4.74 Å². The predicted molar refractivity (Wildman–Crippen MR) is 111 cm³/mol. The van der Waals surface area contributed by atoms with Crippen LogP contribution in [0.4, 0.5) is 5.69 Å². The van der Waals surface area contributed by atoms with Crippen LogP contribution in [0.5, 0.6) is 0 Å². The van der Waals surface area contributed by atoms with E-state index in [0.29, 0.717) is 12.1 Å². The van der Waals surface area contributed by atoms with Crippen molar-refractivity contribution >= 4 is 40.2 Å². The van der Waals surface area contributed by atoms with Crippen LogP contribution >= 0.6 is 22.6 Å². The molecule has 134 valence electrons. The molecule has 0 heterocycles. The number of benzene rings is 2. The van der Waals surface area contributed by atoms with Crippen molar-refractivity contribution in [2.75, 3.05) is 12.0 Å². The van der Waals surface area contributed by atoms with Crippen molar-refractivity contribution in [2.45, 2.75) is 20.4 Å². The number of rotatable bonds is 4. The summed E-state index contributed by atoms with van der Waals surface area (Å²) < 4.78 is 5.72. The largest absolute Gasteiger partial charge is 0.465 e. The van der Waals surface area contributed by atoms with E-state index in [9.17, 15) is 9.59 Å². The summed E-state index contributed by atoms with van der Waals surface area (Å²) in [4.78, 5) is 26.1. The molecule has 0 bridgehead atoms. The van der Waals surface area contributed by atoms with Crippen LogP contribution in [0.3, 0.4) is 0 Å². The van der Waals surface area contributed by atoms with Gasteiger partial charge in [0, 0.05) is 9.49 Å². The van der Waals surface area contributed by atoms with Crippen molar-refractivity contribution < 1.29 is 14.3 Å². The second-order valence-corrected chi connectivity index (χ2v) is 7.12. The molecule has 0 atom stereocenters. The maximum absolute atomic E-state index is 12.7. The number of nitrogens with zero attached hydrogens (tertiary/aromatic N) is 1. The van der Waals surface area contributed by atoms with Crippen molar-refractivity contribution in [3.05, 3.63) is 63.2 Å². The van der Waals surface area contributed by atoms with Crippen LogP contribution in [-0.2, 0) is 16.1 Å². The number of anilines is 1. The molecule has 26 heavy (non-hydrogen) atoms. The van der Waals surface area contributed by atoms with Crippen LogP contribution in [0.2, 0.25) is 0 Å². The Morgan fingerprint density at radius 2 is 1.88 bits per heavy atom. The SMILES string of the molecule is COC(=O)c1cccc(CN(C(=O)C#CC(C)C)c2ccccc2I)c1. The van der Waals surface area contributed by atoms with Gasteiger partial charge in [0.05, 0.1) is 24.9 Å². The number of ether oxygens (including phenoxy) is 1. The van der Waals surface area contributed by atoms with Crippen LogP contribution < -0.4 is 4.90 Å². The smallest absolute Gasteiger partial charge is 0.337 e. The van der Waals surface area contributed by atoms with E-state index in [0.717, 1.165) is 14.8 Å². The summed E-state index contributed by atoms with van der Waals surface area (Å²) in [6, 6.07) is 14.7. The van der Waals surface area contributed by atoms with Crippen LogP contribution in [0, 0.1) is 21.3 Å². The molecule has 0 saturated carbocycles. The minimum absolute atomic E-state index is 0.110. The Morgan fingerprint density at radius 1 is 1.15 bits per heavy atom. The fraction of sp³-hybridized carbons (Fsp3) is 0.238. The van der Waals surface area contributed by atoms with Gasteiger partial charge in [-0.25, -0.2) is 4.79 Å². The van der Waals surface area contributed by atoms with Gasteiger partial charge in [-0.1, -0.05) is 44.0 Å². The summed E-state index contributed by atoms with van der Waals surface area (Å²) in [5.74, 6) is 5.07. The van der Waals surface area contributed by atoms with E-state index in [-0.39, 0.29) is 11.8 Å². The highest BCUT2D eigenvalue weighted by atomic mass is 127. The Hall–Kier alpha value is -2.33. The van der Waals surface area contributed by atoms with Gasteiger partial charge in [-0.15, -0.1) is 0 Å². The fourth-order valence-corrected chi connectivity index (χ4v) is 2.99. The summed E-state index contributed by atoms with van der Waals surface area (Å²) in [7, 11) is 1.35. The monoisotopic (exact) mass is 461 g/mol. The lowest BCUT2D eigenvalue weighted by Crippen LogP contribution is -2.30. The topological polar surface area (TPSA) is 46.6 Å². The number of esters is 1. The number of hydrogen-bond acceptors (Lipinski definition) is 3. The van der Waals surface area contributed by atoms with E-state index in [1.54, 1.807) is 23.1 Å². The third-order valence-corrected chi connectivity index (χ3v) is 4.46. The standard InChI is InChI=1S/C21H20INO3/c1-15(2)11-12-20(24)23(19-10-5-4-9-18(19)22)14-16-7-6-8-17(13-16)21(25)26-3/h4-10,13,15H,14H2,1-3H3. The zero-order valence-corrected chi connectivity index (χ0v) is 17.1. The second kappa shape index (κ2) is 9.39. The van der Waals surface area contributed by atoms with Gasteiger partial charge in [0.1, 0.15) is 0 Å². The molecule has 5 heteroatoms. The first-order valence-corrected chi connectivity index (χ1v) is 9.25. The van der Waals surface area contributed by atoms with Gasteiger partial charge in [-0.05, 0) is 58.3 Å². The highest BCUT2D eigenvalue weighted by molar-refractivity contribution is 14.1. The highest BCUT2D eigenvalue weighted by Gasteiger charge is 2.17. The summed E-state index contributed by atoms with van der Waals surface area (Å²) in [6.45, 7) is 4.20. The van der Waals surface area contributed by atoms with Crippen molar-refractivity contribution in [2.24, 2.45) is 5.92 Å². The van der Waals surface area contributed by atoms with Crippen LogP contribution in [0.15, 0.2) is 48.5 Å². The summed E-state index contributed by atoms with van der Waals surface area (Å²) in [5.41, 5.74) is 2.07. The molecule has 0 N–H and O–H groups in total. The summed E-state index contributed by atoms with van der Waals surface area (Å²) >= 11 is 2.20. The molecular formula is C21H20INO3. The molecule has 2 aromatic carbocycles. The van der Waals surface area contributed by atoms with Crippen molar-refractivity contribution in [1.29, 1.82) is 0 Å². The average molecular weight is 461 g/mol. The number of methoxy groups -OCH3 is 1. The lowest BCUT2D eigenvalue weighted by Gasteiger charge is -2.22.